The predicted molar refractivity (Wildman–Crippen MR) is 66.6 cm³/mol. The third-order valence-corrected chi connectivity index (χ3v) is 3.48. The van der Waals surface area contributed by atoms with E-state index >= 15 is 0 Å². The quantitative estimate of drug-likeness (QED) is 0.782. The molecule has 0 aromatic heterocycles. The normalized spacial score (nSPS) is 24.6. The Balaban J connectivity index is 1.60. The first-order valence-corrected chi connectivity index (χ1v) is 6.53. The Morgan fingerprint density at radius 1 is 1.06 bits per heavy atom. The highest BCUT2D eigenvalue weighted by atomic mass is 16.6. The molecule has 2 aliphatic rings. The highest BCUT2D eigenvalue weighted by molar-refractivity contribution is 5.40. The summed E-state index contributed by atoms with van der Waals surface area (Å²) in [5, 5.41) is 0. The van der Waals surface area contributed by atoms with Gasteiger partial charge in [-0.2, -0.15) is 0 Å². The van der Waals surface area contributed by atoms with Crippen molar-refractivity contribution in [1.29, 1.82) is 0 Å². The smallest absolute Gasteiger partial charge is 0.161 e. The Labute approximate surface area is 102 Å². The predicted octanol–water partition coefficient (Wildman–Crippen LogP) is 2.31. The number of hydrogen-bond acceptors (Lipinski definition) is 3. The molecule has 0 bridgehead atoms. The van der Waals surface area contributed by atoms with E-state index in [1.165, 1.54) is 32.4 Å². The molecule has 1 fully saturated rings. The fraction of sp³-hybridized carbons (Fsp3) is 0.571. The van der Waals surface area contributed by atoms with Crippen LogP contribution in [0, 0.1) is 0 Å². The van der Waals surface area contributed by atoms with Gasteiger partial charge in [0.1, 0.15) is 12.7 Å². The highest BCUT2D eigenvalue weighted by Gasteiger charge is 2.23. The molecule has 0 aliphatic carbocycles. The second kappa shape index (κ2) is 4.96. The summed E-state index contributed by atoms with van der Waals surface area (Å²) in [6.45, 7) is 4.09. The summed E-state index contributed by atoms with van der Waals surface area (Å²) in [6, 6.07) is 7.92. The zero-order chi connectivity index (χ0) is 11.5. The summed E-state index contributed by atoms with van der Waals surface area (Å²) < 4.78 is 11.7. The third-order valence-electron chi connectivity index (χ3n) is 3.48. The third kappa shape index (κ3) is 2.55. The summed E-state index contributed by atoms with van der Waals surface area (Å²) in [5.41, 5.74) is 0. The molecule has 2 heterocycles. The van der Waals surface area contributed by atoms with Crippen LogP contribution in [0.4, 0.5) is 0 Å². The number of likely N-dealkylation sites (tertiary alicyclic amines) is 1. The van der Waals surface area contributed by atoms with Gasteiger partial charge < -0.3 is 9.47 Å². The number of piperidine rings is 1. The van der Waals surface area contributed by atoms with Crippen molar-refractivity contribution in [2.45, 2.75) is 25.4 Å². The Kier molecular flexibility index (Phi) is 3.18. The first-order valence-electron chi connectivity index (χ1n) is 6.53. The van der Waals surface area contributed by atoms with E-state index in [2.05, 4.69) is 4.90 Å². The average Bonchev–Trinajstić information content (AvgIpc) is 2.40. The van der Waals surface area contributed by atoms with Crippen molar-refractivity contribution in [1.82, 2.24) is 4.90 Å². The molecule has 17 heavy (non-hydrogen) atoms. The van der Waals surface area contributed by atoms with E-state index in [9.17, 15) is 0 Å². The van der Waals surface area contributed by atoms with Crippen molar-refractivity contribution < 1.29 is 9.47 Å². The first-order chi connectivity index (χ1) is 8.42. The van der Waals surface area contributed by atoms with Gasteiger partial charge in [0, 0.05) is 6.54 Å². The maximum Gasteiger partial charge on any atom is 0.161 e. The van der Waals surface area contributed by atoms with Gasteiger partial charge >= 0.3 is 0 Å². The zero-order valence-electron chi connectivity index (χ0n) is 10.1. The fourth-order valence-corrected chi connectivity index (χ4v) is 2.58. The lowest BCUT2D eigenvalue weighted by molar-refractivity contribution is 0.0533. The average molecular weight is 233 g/mol. The molecule has 1 aromatic carbocycles. The minimum absolute atomic E-state index is 0.183. The second-order valence-electron chi connectivity index (χ2n) is 4.86. The number of benzene rings is 1. The maximum absolute atomic E-state index is 5.97. The number of nitrogens with zero attached hydrogens (tertiary/aromatic N) is 1. The van der Waals surface area contributed by atoms with E-state index in [0.29, 0.717) is 6.61 Å². The van der Waals surface area contributed by atoms with Gasteiger partial charge in [-0.3, -0.25) is 4.90 Å². The number of ether oxygens (including phenoxy) is 2. The first kappa shape index (κ1) is 10.9. The van der Waals surface area contributed by atoms with Crippen molar-refractivity contribution in [2.24, 2.45) is 0 Å². The lowest BCUT2D eigenvalue weighted by Crippen LogP contribution is -2.42. The maximum atomic E-state index is 5.97. The van der Waals surface area contributed by atoms with E-state index in [1.54, 1.807) is 0 Å². The van der Waals surface area contributed by atoms with Crippen molar-refractivity contribution in [3.05, 3.63) is 24.3 Å². The molecule has 1 saturated heterocycles. The van der Waals surface area contributed by atoms with Gasteiger partial charge in [0.25, 0.3) is 0 Å². The van der Waals surface area contributed by atoms with Gasteiger partial charge in [0.05, 0.1) is 0 Å². The molecule has 0 spiro atoms. The molecule has 0 radical (unpaired) electrons. The van der Waals surface area contributed by atoms with E-state index in [1.807, 2.05) is 24.3 Å². The van der Waals surface area contributed by atoms with Crippen LogP contribution in [0.5, 0.6) is 11.5 Å². The van der Waals surface area contributed by atoms with Gasteiger partial charge in [-0.25, -0.2) is 0 Å². The monoisotopic (exact) mass is 233 g/mol. The largest absolute Gasteiger partial charge is 0.486 e. The molecule has 3 heteroatoms. The van der Waals surface area contributed by atoms with Crippen molar-refractivity contribution in [3.8, 4) is 11.5 Å². The standard InChI is InChI=1S/C14H19NO2/c1-4-8-15(9-5-1)10-12-11-16-13-6-2-3-7-14(13)17-12/h2-3,6-7,12H,1,4-5,8-11H2/t12-/m0/s1. The van der Waals surface area contributed by atoms with E-state index in [0.717, 1.165) is 18.0 Å². The number of rotatable bonds is 2. The van der Waals surface area contributed by atoms with Gasteiger partial charge in [-0.15, -0.1) is 0 Å². The number of hydrogen-bond donors (Lipinski definition) is 0. The van der Waals surface area contributed by atoms with Gasteiger partial charge in [-0.05, 0) is 38.1 Å². The molecule has 3 rings (SSSR count). The van der Waals surface area contributed by atoms with Crippen LogP contribution < -0.4 is 9.47 Å². The van der Waals surface area contributed by atoms with E-state index in [4.69, 9.17) is 9.47 Å². The molecular formula is C14H19NO2. The minimum atomic E-state index is 0.183. The van der Waals surface area contributed by atoms with Gasteiger partial charge in [-0.1, -0.05) is 18.6 Å². The van der Waals surface area contributed by atoms with Gasteiger partial charge in [0.2, 0.25) is 0 Å². The van der Waals surface area contributed by atoms with Crippen LogP contribution in [0.15, 0.2) is 24.3 Å². The van der Waals surface area contributed by atoms with Crippen LogP contribution in [-0.4, -0.2) is 37.2 Å². The Morgan fingerprint density at radius 3 is 2.65 bits per heavy atom. The van der Waals surface area contributed by atoms with Gasteiger partial charge in [0.15, 0.2) is 11.5 Å². The van der Waals surface area contributed by atoms with Crippen LogP contribution >= 0.6 is 0 Å². The molecule has 0 amide bonds. The van der Waals surface area contributed by atoms with Crippen LogP contribution in [0.2, 0.25) is 0 Å². The second-order valence-corrected chi connectivity index (χ2v) is 4.86. The van der Waals surface area contributed by atoms with E-state index in [-0.39, 0.29) is 6.10 Å². The summed E-state index contributed by atoms with van der Waals surface area (Å²) in [6.07, 6.45) is 4.21. The molecule has 0 N–H and O–H groups in total. The molecule has 2 aliphatic heterocycles. The van der Waals surface area contributed by atoms with E-state index < -0.39 is 0 Å². The SMILES string of the molecule is c1ccc2c(c1)OC[C@H](CN1CCCCC1)O2. The summed E-state index contributed by atoms with van der Waals surface area (Å²) in [7, 11) is 0. The number of fused-ring (bicyclic) bond motifs is 1. The lowest BCUT2D eigenvalue weighted by atomic mass is 10.1. The van der Waals surface area contributed by atoms with Crippen LogP contribution in [0.1, 0.15) is 19.3 Å². The van der Waals surface area contributed by atoms with Crippen LogP contribution in [0.3, 0.4) is 0 Å². The summed E-state index contributed by atoms with van der Waals surface area (Å²) >= 11 is 0. The topological polar surface area (TPSA) is 21.7 Å². The Bertz CT molecular complexity index is 374. The molecule has 3 nitrogen and oxygen atoms in total. The highest BCUT2D eigenvalue weighted by Crippen LogP contribution is 2.31. The molecule has 0 saturated carbocycles. The molecule has 1 atom stereocenters. The minimum Gasteiger partial charge on any atom is -0.486 e. The summed E-state index contributed by atoms with van der Waals surface area (Å²) in [5.74, 6) is 1.77. The number of para-hydroxylation sites is 2. The van der Waals surface area contributed by atoms with Crippen molar-refractivity contribution in [2.75, 3.05) is 26.2 Å². The molecule has 0 unspecified atom stereocenters. The Hall–Kier alpha value is -1.22. The fourth-order valence-electron chi connectivity index (χ4n) is 2.58. The summed E-state index contributed by atoms with van der Waals surface area (Å²) in [4.78, 5) is 2.49. The van der Waals surface area contributed by atoms with Crippen LogP contribution in [-0.2, 0) is 0 Å². The zero-order valence-corrected chi connectivity index (χ0v) is 10.1. The molecular weight excluding hydrogens is 214 g/mol. The Morgan fingerprint density at radius 2 is 1.82 bits per heavy atom. The lowest BCUT2D eigenvalue weighted by Gasteiger charge is -2.33. The molecule has 1 aromatic rings. The molecule has 92 valence electrons. The van der Waals surface area contributed by atoms with Crippen molar-refractivity contribution >= 4 is 0 Å². The van der Waals surface area contributed by atoms with Crippen molar-refractivity contribution in [3.63, 3.8) is 0 Å². The van der Waals surface area contributed by atoms with Crippen LogP contribution in [0.25, 0.3) is 0 Å².